The average molecular weight is 273 g/mol. The maximum Gasteiger partial charge on any atom is 0.127 e. The van der Waals surface area contributed by atoms with Crippen molar-refractivity contribution in [2.75, 3.05) is 12.8 Å². The number of methoxy groups -OCH3 is 1. The Morgan fingerprint density at radius 3 is 1.86 bits per heavy atom. The second kappa shape index (κ2) is 4.38. The van der Waals surface area contributed by atoms with E-state index in [9.17, 15) is 0 Å². The monoisotopic (exact) mass is 273 g/mol. The van der Waals surface area contributed by atoms with Crippen LogP contribution in [-0.2, 0) is 0 Å². The molecule has 2 heteroatoms. The highest BCUT2D eigenvalue weighted by Crippen LogP contribution is 2.38. The van der Waals surface area contributed by atoms with Crippen molar-refractivity contribution in [2.24, 2.45) is 0 Å². The van der Waals surface area contributed by atoms with Crippen LogP contribution in [-0.4, -0.2) is 7.11 Å². The molecule has 0 aliphatic carbocycles. The quantitative estimate of drug-likeness (QED) is 0.401. The molecule has 0 fully saturated rings. The van der Waals surface area contributed by atoms with E-state index in [0.717, 1.165) is 27.6 Å². The first-order chi connectivity index (χ1) is 10.3. The number of hydrogen-bond acceptors (Lipinski definition) is 2. The molecule has 2 N–H and O–H groups in total. The zero-order valence-corrected chi connectivity index (χ0v) is 11.8. The summed E-state index contributed by atoms with van der Waals surface area (Å²) in [6.07, 6.45) is 0. The first-order valence-electron chi connectivity index (χ1n) is 6.96. The summed E-state index contributed by atoms with van der Waals surface area (Å²) in [5, 5.41) is 6.88. The van der Waals surface area contributed by atoms with Crippen LogP contribution in [0.15, 0.2) is 60.7 Å². The summed E-state index contributed by atoms with van der Waals surface area (Å²) in [7, 11) is 1.72. The lowest BCUT2D eigenvalue weighted by Gasteiger charge is -2.13. The second-order valence-corrected chi connectivity index (χ2v) is 5.23. The minimum absolute atomic E-state index is 0.813. The fourth-order valence-electron chi connectivity index (χ4n) is 3.11. The highest BCUT2D eigenvalue weighted by Gasteiger charge is 2.10. The van der Waals surface area contributed by atoms with Crippen LogP contribution in [0.1, 0.15) is 0 Å². The van der Waals surface area contributed by atoms with E-state index in [1.54, 1.807) is 7.11 Å². The van der Waals surface area contributed by atoms with E-state index in [-0.39, 0.29) is 0 Å². The summed E-state index contributed by atoms with van der Waals surface area (Å²) in [6.45, 7) is 0. The van der Waals surface area contributed by atoms with Crippen molar-refractivity contribution in [3.8, 4) is 5.75 Å². The number of fused-ring (bicyclic) bond motifs is 5. The smallest absolute Gasteiger partial charge is 0.127 e. The van der Waals surface area contributed by atoms with Crippen LogP contribution in [0.5, 0.6) is 5.75 Å². The molecule has 0 atom stereocenters. The summed E-state index contributed by atoms with van der Waals surface area (Å²) in [5.41, 5.74) is 7.07. The second-order valence-electron chi connectivity index (χ2n) is 5.23. The van der Waals surface area contributed by atoms with Gasteiger partial charge in [0.25, 0.3) is 0 Å². The largest absolute Gasteiger partial charge is 0.496 e. The molecule has 0 aliphatic heterocycles. The summed E-state index contributed by atoms with van der Waals surface area (Å²) < 4.78 is 5.58. The predicted octanol–water partition coefficient (Wildman–Crippen LogP) is 4.74. The van der Waals surface area contributed by atoms with Crippen molar-refractivity contribution >= 4 is 38.0 Å². The highest BCUT2D eigenvalue weighted by molar-refractivity contribution is 6.21. The van der Waals surface area contributed by atoms with Crippen molar-refractivity contribution in [3.05, 3.63) is 60.7 Å². The molecule has 0 amide bonds. The number of anilines is 1. The lowest BCUT2D eigenvalue weighted by Crippen LogP contribution is -1.91. The Morgan fingerprint density at radius 1 is 0.667 bits per heavy atom. The van der Waals surface area contributed by atoms with Gasteiger partial charge in [-0.15, -0.1) is 0 Å². The topological polar surface area (TPSA) is 35.2 Å². The van der Waals surface area contributed by atoms with Crippen LogP contribution in [0.2, 0.25) is 0 Å². The molecule has 0 bridgehead atoms. The SMILES string of the molecule is COc1cc2c3ccccc3c(N)cc2c2ccccc12. The number of benzene rings is 4. The molecule has 4 aromatic rings. The first-order valence-corrected chi connectivity index (χ1v) is 6.96. The fraction of sp³-hybridized carbons (Fsp3) is 0.0526. The number of ether oxygens (including phenoxy) is 1. The molecule has 21 heavy (non-hydrogen) atoms. The molecule has 0 aromatic heterocycles. The minimum atomic E-state index is 0.813. The van der Waals surface area contributed by atoms with Gasteiger partial charge in [-0.3, -0.25) is 0 Å². The van der Waals surface area contributed by atoms with Gasteiger partial charge in [0, 0.05) is 16.5 Å². The van der Waals surface area contributed by atoms with Crippen LogP contribution in [0, 0.1) is 0 Å². The van der Waals surface area contributed by atoms with Gasteiger partial charge in [0.05, 0.1) is 7.11 Å². The molecule has 102 valence electrons. The Balaban J connectivity index is 2.33. The van der Waals surface area contributed by atoms with Gasteiger partial charge in [-0.05, 0) is 33.7 Å². The van der Waals surface area contributed by atoms with Gasteiger partial charge in [0.2, 0.25) is 0 Å². The van der Waals surface area contributed by atoms with Crippen molar-refractivity contribution < 1.29 is 4.74 Å². The van der Waals surface area contributed by atoms with E-state index in [0.29, 0.717) is 0 Å². The predicted molar refractivity (Wildman–Crippen MR) is 89.9 cm³/mol. The van der Waals surface area contributed by atoms with E-state index in [4.69, 9.17) is 10.5 Å². The molecule has 0 radical (unpaired) electrons. The molecule has 2 nitrogen and oxygen atoms in total. The maximum atomic E-state index is 6.25. The van der Waals surface area contributed by atoms with Gasteiger partial charge in [-0.1, -0.05) is 48.5 Å². The first kappa shape index (κ1) is 12.0. The van der Waals surface area contributed by atoms with E-state index < -0.39 is 0 Å². The van der Waals surface area contributed by atoms with Crippen molar-refractivity contribution in [3.63, 3.8) is 0 Å². The number of nitrogen functional groups attached to an aromatic ring is 1. The molecule has 0 spiro atoms. The molecule has 0 aliphatic rings. The standard InChI is InChI=1S/C19H15NO/c1-21-19-11-17-12-6-2-4-8-14(12)18(20)10-16(17)13-7-3-5-9-15(13)19/h2-11H,20H2,1H3. The third-order valence-electron chi connectivity index (χ3n) is 4.10. The van der Waals surface area contributed by atoms with Crippen molar-refractivity contribution in [1.82, 2.24) is 0 Å². The third kappa shape index (κ3) is 1.66. The van der Waals surface area contributed by atoms with Gasteiger partial charge < -0.3 is 10.5 Å². The zero-order valence-electron chi connectivity index (χ0n) is 11.8. The molecule has 4 aromatic carbocycles. The van der Waals surface area contributed by atoms with Gasteiger partial charge in [-0.25, -0.2) is 0 Å². The molecule has 0 unspecified atom stereocenters. The molecular formula is C19H15NO. The summed E-state index contributed by atoms with van der Waals surface area (Å²) in [5.74, 6) is 0.896. The maximum absolute atomic E-state index is 6.25. The third-order valence-corrected chi connectivity index (χ3v) is 4.10. The van der Waals surface area contributed by atoms with Crippen LogP contribution < -0.4 is 10.5 Å². The number of hydrogen-bond donors (Lipinski definition) is 1. The normalized spacial score (nSPS) is 11.3. The van der Waals surface area contributed by atoms with Gasteiger partial charge in [0.15, 0.2) is 0 Å². The van der Waals surface area contributed by atoms with Gasteiger partial charge >= 0.3 is 0 Å². The Kier molecular flexibility index (Phi) is 2.51. The summed E-state index contributed by atoms with van der Waals surface area (Å²) >= 11 is 0. The van der Waals surface area contributed by atoms with E-state index in [2.05, 4.69) is 36.4 Å². The Hall–Kier alpha value is -2.74. The highest BCUT2D eigenvalue weighted by atomic mass is 16.5. The van der Waals surface area contributed by atoms with Crippen LogP contribution in [0.4, 0.5) is 5.69 Å². The van der Waals surface area contributed by atoms with Gasteiger partial charge in [0.1, 0.15) is 5.75 Å². The van der Waals surface area contributed by atoms with E-state index >= 15 is 0 Å². The lowest BCUT2D eigenvalue weighted by molar-refractivity contribution is 0.420. The van der Waals surface area contributed by atoms with Crippen molar-refractivity contribution in [2.45, 2.75) is 0 Å². The lowest BCUT2D eigenvalue weighted by atomic mass is 9.95. The molecule has 0 saturated carbocycles. The average Bonchev–Trinajstić information content (AvgIpc) is 2.55. The number of rotatable bonds is 1. The molecular weight excluding hydrogens is 258 g/mol. The Labute approximate surface area is 122 Å². The molecule has 0 saturated heterocycles. The Morgan fingerprint density at radius 2 is 1.19 bits per heavy atom. The van der Waals surface area contributed by atoms with Crippen molar-refractivity contribution in [1.29, 1.82) is 0 Å². The fourth-order valence-corrected chi connectivity index (χ4v) is 3.11. The molecule has 0 heterocycles. The minimum Gasteiger partial charge on any atom is -0.496 e. The van der Waals surface area contributed by atoms with Crippen LogP contribution in [0.25, 0.3) is 32.3 Å². The van der Waals surface area contributed by atoms with Crippen LogP contribution in [0.3, 0.4) is 0 Å². The number of nitrogens with two attached hydrogens (primary N) is 1. The van der Waals surface area contributed by atoms with Crippen LogP contribution >= 0.6 is 0 Å². The molecule has 4 rings (SSSR count). The Bertz CT molecular complexity index is 989. The van der Waals surface area contributed by atoms with E-state index in [1.807, 2.05) is 24.3 Å². The summed E-state index contributed by atoms with van der Waals surface area (Å²) in [6, 6.07) is 20.7. The van der Waals surface area contributed by atoms with Gasteiger partial charge in [-0.2, -0.15) is 0 Å². The summed E-state index contributed by atoms with van der Waals surface area (Å²) in [4.78, 5) is 0. The van der Waals surface area contributed by atoms with E-state index in [1.165, 1.54) is 16.2 Å². The zero-order chi connectivity index (χ0) is 14.4.